The average Bonchev–Trinajstić information content (AvgIpc) is 3.15. The second kappa shape index (κ2) is 4.37. The van der Waals surface area contributed by atoms with Crippen molar-refractivity contribution in [3.63, 3.8) is 0 Å². The molecule has 0 amide bonds. The van der Waals surface area contributed by atoms with Gasteiger partial charge in [-0.05, 0) is 35.8 Å². The van der Waals surface area contributed by atoms with Crippen LogP contribution in [0.1, 0.15) is 12.8 Å². The molecule has 3 nitrogen and oxygen atoms in total. The Morgan fingerprint density at radius 2 is 1.90 bits per heavy atom. The summed E-state index contributed by atoms with van der Waals surface area (Å²) in [4.78, 5) is 0. The summed E-state index contributed by atoms with van der Waals surface area (Å²) >= 11 is 0. The Hall–Kier alpha value is -2.29. The van der Waals surface area contributed by atoms with Crippen LogP contribution in [-0.2, 0) is 6.54 Å². The van der Waals surface area contributed by atoms with E-state index in [9.17, 15) is 0 Å². The third-order valence-electron chi connectivity index (χ3n) is 4.04. The lowest BCUT2D eigenvalue weighted by Crippen LogP contribution is -1.98. The minimum atomic E-state index is 0.828. The molecule has 1 aliphatic rings. The van der Waals surface area contributed by atoms with Crippen LogP contribution in [0, 0.1) is 5.92 Å². The lowest BCUT2D eigenvalue weighted by atomic mass is 10.00. The second-order valence-corrected chi connectivity index (χ2v) is 5.64. The van der Waals surface area contributed by atoms with E-state index < -0.39 is 0 Å². The van der Waals surface area contributed by atoms with Gasteiger partial charge in [-0.3, -0.25) is 4.68 Å². The molecule has 2 aromatic carbocycles. The largest absolute Gasteiger partial charge is 0.398 e. The molecule has 1 fully saturated rings. The number of anilines is 1. The first-order valence-corrected chi connectivity index (χ1v) is 7.11. The molecule has 0 unspecified atom stereocenters. The topological polar surface area (TPSA) is 43.8 Å². The number of rotatable bonds is 3. The van der Waals surface area contributed by atoms with Crippen molar-refractivity contribution in [2.24, 2.45) is 5.92 Å². The van der Waals surface area contributed by atoms with E-state index in [2.05, 4.69) is 40.2 Å². The van der Waals surface area contributed by atoms with E-state index >= 15 is 0 Å². The number of hydrogen-bond donors (Lipinski definition) is 1. The van der Waals surface area contributed by atoms with Crippen LogP contribution in [0.2, 0.25) is 0 Å². The maximum atomic E-state index is 6.06. The molecule has 4 rings (SSSR count). The highest BCUT2D eigenvalue weighted by Crippen LogP contribution is 2.33. The molecule has 1 saturated carbocycles. The third kappa shape index (κ3) is 1.95. The molecule has 3 heteroatoms. The summed E-state index contributed by atoms with van der Waals surface area (Å²) < 4.78 is 2.07. The summed E-state index contributed by atoms with van der Waals surface area (Å²) in [7, 11) is 0. The van der Waals surface area contributed by atoms with E-state index in [0.717, 1.165) is 23.5 Å². The Kier molecular flexibility index (Phi) is 2.52. The Balaban J connectivity index is 1.80. The number of fused-ring (bicyclic) bond motifs is 1. The van der Waals surface area contributed by atoms with Gasteiger partial charge in [0.15, 0.2) is 0 Å². The SMILES string of the molecule is Nc1cccc2c(-c3cnn(CC4CC4)c3)cccc12. The maximum absolute atomic E-state index is 6.06. The summed E-state index contributed by atoms with van der Waals surface area (Å²) in [5.74, 6) is 0.839. The number of benzene rings is 2. The van der Waals surface area contributed by atoms with Crippen molar-refractivity contribution in [3.8, 4) is 11.1 Å². The zero-order valence-electron chi connectivity index (χ0n) is 11.3. The molecule has 20 heavy (non-hydrogen) atoms. The van der Waals surface area contributed by atoms with Crippen molar-refractivity contribution in [2.75, 3.05) is 5.73 Å². The predicted molar refractivity (Wildman–Crippen MR) is 82.3 cm³/mol. The zero-order chi connectivity index (χ0) is 13.5. The molecule has 3 aromatic rings. The Morgan fingerprint density at radius 3 is 2.75 bits per heavy atom. The van der Waals surface area contributed by atoms with Crippen LogP contribution in [0.15, 0.2) is 48.8 Å². The molecule has 0 atom stereocenters. The maximum Gasteiger partial charge on any atom is 0.0568 e. The van der Waals surface area contributed by atoms with Crippen LogP contribution in [-0.4, -0.2) is 9.78 Å². The monoisotopic (exact) mass is 263 g/mol. The van der Waals surface area contributed by atoms with Gasteiger partial charge >= 0.3 is 0 Å². The van der Waals surface area contributed by atoms with Crippen LogP contribution in [0.4, 0.5) is 5.69 Å². The molecular weight excluding hydrogens is 246 g/mol. The molecule has 1 aliphatic carbocycles. The zero-order valence-corrected chi connectivity index (χ0v) is 11.3. The number of hydrogen-bond acceptors (Lipinski definition) is 2. The van der Waals surface area contributed by atoms with Gasteiger partial charge in [-0.25, -0.2) is 0 Å². The fourth-order valence-electron chi connectivity index (χ4n) is 2.75. The van der Waals surface area contributed by atoms with Crippen molar-refractivity contribution >= 4 is 16.5 Å². The first-order valence-electron chi connectivity index (χ1n) is 7.11. The predicted octanol–water partition coefficient (Wildman–Crippen LogP) is 3.70. The highest BCUT2D eigenvalue weighted by molar-refractivity contribution is 6.02. The van der Waals surface area contributed by atoms with Gasteiger partial charge in [-0.15, -0.1) is 0 Å². The van der Waals surface area contributed by atoms with Gasteiger partial charge in [0.05, 0.1) is 6.20 Å². The summed E-state index contributed by atoms with van der Waals surface area (Å²) in [6.45, 7) is 1.05. The van der Waals surface area contributed by atoms with Crippen molar-refractivity contribution in [3.05, 3.63) is 48.8 Å². The van der Waals surface area contributed by atoms with E-state index in [1.54, 1.807) is 0 Å². The van der Waals surface area contributed by atoms with Crippen molar-refractivity contribution in [1.29, 1.82) is 0 Å². The molecule has 0 bridgehead atoms. The molecular formula is C17H17N3. The van der Waals surface area contributed by atoms with E-state index in [1.165, 1.54) is 29.4 Å². The highest BCUT2D eigenvalue weighted by Gasteiger charge is 2.22. The molecule has 100 valence electrons. The minimum Gasteiger partial charge on any atom is -0.398 e. The van der Waals surface area contributed by atoms with Crippen molar-refractivity contribution in [1.82, 2.24) is 9.78 Å². The first-order chi connectivity index (χ1) is 9.81. The van der Waals surface area contributed by atoms with Crippen LogP contribution < -0.4 is 5.73 Å². The van der Waals surface area contributed by atoms with Gasteiger partial charge in [0, 0.05) is 29.4 Å². The molecule has 2 N–H and O–H groups in total. The molecule has 1 heterocycles. The van der Waals surface area contributed by atoms with Gasteiger partial charge in [-0.1, -0.05) is 30.3 Å². The highest BCUT2D eigenvalue weighted by atomic mass is 15.3. The van der Waals surface area contributed by atoms with Crippen LogP contribution in [0.3, 0.4) is 0 Å². The first kappa shape index (κ1) is 11.5. The van der Waals surface area contributed by atoms with Gasteiger partial charge in [0.1, 0.15) is 0 Å². The lowest BCUT2D eigenvalue weighted by molar-refractivity contribution is 0.563. The fourth-order valence-corrected chi connectivity index (χ4v) is 2.75. The summed E-state index contributed by atoms with van der Waals surface area (Å²) in [6.07, 6.45) is 6.80. The minimum absolute atomic E-state index is 0.828. The van der Waals surface area contributed by atoms with E-state index in [1.807, 2.05) is 18.3 Å². The van der Waals surface area contributed by atoms with Crippen molar-refractivity contribution < 1.29 is 0 Å². The second-order valence-electron chi connectivity index (χ2n) is 5.64. The Morgan fingerprint density at radius 1 is 1.10 bits per heavy atom. The number of nitrogens with two attached hydrogens (primary N) is 1. The van der Waals surface area contributed by atoms with E-state index in [-0.39, 0.29) is 0 Å². The number of nitrogen functional groups attached to an aromatic ring is 1. The fraction of sp³-hybridized carbons (Fsp3) is 0.235. The Bertz CT molecular complexity index is 769. The van der Waals surface area contributed by atoms with Gasteiger partial charge in [0.2, 0.25) is 0 Å². The van der Waals surface area contributed by atoms with Crippen LogP contribution in [0.25, 0.3) is 21.9 Å². The third-order valence-corrected chi connectivity index (χ3v) is 4.04. The summed E-state index contributed by atoms with van der Waals surface area (Å²) in [5, 5.41) is 6.79. The lowest BCUT2D eigenvalue weighted by Gasteiger charge is -2.06. The average molecular weight is 263 g/mol. The molecule has 0 spiro atoms. The number of aromatic nitrogens is 2. The smallest absolute Gasteiger partial charge is 0.0568 e. The van der Waals surface area contributed by atoms with Crippen molar-refractivity contribution in [2.45, 2.75) is 19.4 Å². The Labute approximate surface area is 118 Å². The molecule has 0 aliphatic heterocycles. The number of nitrogens with zero attached hydrogens (tertiary/aromatic N) is 2. The normalized spacial score (nSPS) is 14.8. The molecule has 0 radical (unpaired) electrons. The van der Waals surface area contributed by atoms with Gasteiger partial charge in [-0.2, -0.15) is 5.10 Å². The quantitative estimate of drug-likeness (QED) is 0.732. The van der Waals surface area contributed by atoms with Gasteiger partial charge < -0.3 is 5.73 Å². The molecule has 0 saturated heterocycles. The molecule has 1 aromatic heterocycles. The van der Waals surface area contributed by atoms with Crippen LogP contribution >= 0.6 is 0 Å². The van der Waals surface area contributed by atoms with E-state index in [0.29, 0.717) is 0 Å². The van der Waals surface area contributed by atoms with Crippen LogP contribution in [0.5, 0.6) is 0 Å². The summed E-state index contributed by atoms with van der Waals surface area (Å²) in [5.41, 5.74) is 9.26. The van der Waals surface area contributed by atoms with Gasteiger partial charge in [0.25, 0.3) is 0 Å². The van der Waals surface area contributed by atoms with E-state index in [4.69, 9.17) is 5.73 Å². The standard InChI is InChI=1S/C17H17N3/c18-17-6-2-4-15-14(3-1-5-16(15)17)13-9-19-20(11-13)10-12-7-8-12/h1-6,9,11-12H,7-8,10,18H2. The summed E-state index contributed by atoms with van der Waals surface area (Å²) in [6, 6.07) is 12.4.